The first kappa shape index (κ1) is 16.2. The van der Waals surface area contributed by atoms with Crippen molar-refractivity contribution in [3.8, 4) is 0 Å². The molecule has 0 aliphatic carbocycles. The van der Waals surface area contributed by atoms with Gasteiger partial charge >= 0.3 is 0 Å². The molecule has 0 unspecified atom stereocenters. The Labute approximate surface area is 129 Å². The average Bonchev–Trinajstić information content (AvgIpc) is 3.06. The smallest absolute Gasteiger partial charge is 0.241 e. The second-order valence-electron chi connectivity index (χ2n) is 4.61. The highest BCUT2D eigenvalue weighted by Gasteiger charge is 2.19. The summed E-state index contributed by atoms with van der Waals surface area (Å²) in [6, 6.07) is 1.75. The Hall–Kier alpha value is -1.22. The first-order valence-electron chi connectivity index (χ1n) is 6.78. The van der Waals surface area contributed by atoms with E-state index in [9.17, 15) is 8.42 Å². The molecule has 0 aromatic carbocycles. The molecule has 0 fully saturated rings. The van der Waals surface area contributed by atoms with E-state index >= 15 is 0 Å². The minimum absolute atomic E-state index is 0.344. The van der Waals surface area contributed by atoms with Gasteiger partial charge in [-0.2, -0.15) is 0 Å². The second-order valence-corrected chi connectivity index (χ2v) is 7.69. The van der Waals surface area contributed by atoms with Gasteiger partial charge in [0.2, 0.25) is 10.0 Å². The SMILES string of the molecule is CCNCc1cc(S(=O)(=O)NCCn2ccnc2)c(C)s1. The third-order valence-corrected chi connectivity index (χ3v) is 5.75. The number of nitrogens with one attached hydrogen (secondary N) is 2. The Balaban J connectivity index is 1.99. The molecule has 6 nitrogen and oxygen atoms in total. The maximum absolute atomic E-state index is 12.3. The van der Waals surface area contributed by atoms with Gasteiger partial charge in [-0.1, -0.05) is 6.92 Å². The molecule has 2 heterocycles. The molecule has 21 heavy (non-hydrogen) atoms. The minimum atomic E-state index is -3.45. The van der Waals surface area contributed by atoms with Crippen molar-refractivity contribution in [2.75, 3.05) is 13.1 Å². The number of aryl methyl sites for hydroxylation is 1. The maximum atomic E-state index is 12.3. The van der Waals surface area contributed by atoms with Gasteiger partial charge in [-0.3, -0.25) is 0 Å². The molecule has 2 aromatic rings. The van der Waals surface area contributed by atoms with Crippen molar-refractivity contribution >= 4 is 21.4 Å². The van der Waals surface area contributed by atoms with Crippen molar-refractivity contribution in [3.05, 3.63) is 34.5 Å². The normalized spacial score (nSPS) is 11.9. The van der Waals surface area contributed by atoms with E-state index in [-0.39, 0.29) is 0 Å². The van der Waals surface area contributed by atoms with Crippen LogP contribution in [-0.2, 0) is 23.1 Å². The van der Waals surface area contributed by atoms with Gasteiger partial charge < -0.3 is 9.88 Å². The topological polar surface area (TPSA) is 76.0 Å². The monoisotopic (exact) mass is 328 g/mol. The summed E-state index contributed by atoms with van der Waals surface area (Å²) in [7, 11) is -3.45. The molecule has 0 radical (unpaired) electrons. The summed E-state index contributed by atoms with van der Waals surface area (Å²) in [6.07, 6.45) is 5.14. The van der Waals surface area contributed by atoms with E-state index in [1.807, 2.05) is 18.4 Å². The Morgan fingerprint density at radius 2 is 2.24 bits per heavy atom. The predicted octanol–water partition coefficient (Wildman–Crippen LogP) is 1.34. The zero-order chi connectivity index (χ0) is 15.3. The Morgan fingerprint density at radius 3 is 2.90 bits per heavy atom. The Morgan fingerprint density at radius 1 is 1.43 bits per heavy atom. The van der Waals surface area contributed by atoms with Crippen LogP contribution in [0.3, 0.4) is 0 Å². The first-order valence-corrected chi connectivity index (χ1v) is 9.08. The van der Waals surface area contributed by atoms with Gasteiger partial charge in [-0.05, 0) is 19.5 Å². The highest BCUT2D eigenvalue weighted by Crippen LogP contribution is 2.25. The number of rotatable bonds is 8. The summed E-state index contributed by atoms with van der Waals surface area (Å²) in [5.74, 6) is 0. The summed E-state index contributed by atoms with van der Waals surface area (Å²) in [5.41, 5.74) is 0. The summed E-state index contributed by atoms with van der Waals surface area (Å²) >= 11 is 1.52. The quantitative estimate of drug-likeness (QED) is 0.767. The summed E-state index contributed by atoms with van der Waals surface area (Å²) in [5, 5.41) is 3.20. The van der Waals surface area contributed by atoms with Crippen LogP contribution in [-0.4, -0.2) is 31.1 Å². The average molecular weight is 328 g/mol. The van der Waals surface area contributed by atoms with E-state index in [0.717, 1.165) is 16.3 Å². The molecule has 2 aromatic heterocycles. The lowest BCUT2D eigenvalue weighted by Crippen LogP contribution is -2.27. The fraction of sp³-hybridized carbons (Fsp3) is 0.462. The number of hydrogen-bond donors (Lipinski definition) is 2. The van der Waals surface area contributed by atoms with Gasteiger partial charge in [0.05, 0.1) is 11.2 Å². The zero-order valence-electron chi connectivity index (χ0n) is 12.2. The Kier molecular flexibility index (Phi) is 5.51. The number of sulfonamides is 1. The fourth-order valence-corrected chi connectivity index (χ4v) is 4.56. The van der Waals surface area contributed by atoms with Crippen LogP contribution < -0.4 is 10.0 Å². The van der Waals surface area contributed by atoms with E-state index in [1.54, 1.807) is 24.8 Å². The van der Waals surface area contributed by atoms with Gasteiger partial charge in [-0.15, -0.1) is 11.3 Å². The van der Waals surface area contributed by atoms with E-state index in [2.05, 4.69) is 15.0 Å². The molecule has 0 aliphatic rings. The van der Waals surface area contributed by atoms with Crippen LogP contribution in [0.1, 0.15) is 16.7 Å². The maximum Gasteiger partial charge on any atom is 0.241 e. The van der Waals surface area contributed by atoms with Crippen molar-refractivity contribution in [2.45, 2.75) is 31.8 Å². The van der Waals surface area contributed by atoms with Crippen molar-refractivity contribution in [3.63, 3.8) is 0 Å². The van der Waals surface area contributed by atoms with E-state index < -0.39 is 10.0 Å². The van der Waals surface area contributed by atoms with Crippen molar-refractivity contribution in [1.82, 2.24) is 19.6 Å². The minimum Gasteiger partial charge on any atom is -0.336 e. The lowest BCUT2D eigenvalue weighted by Gasteiger charge is -2.06. The van der Waals surface area contributed by atoms with Gasteiger partial charge in [0.1, 0.15) is 0 Å². The van der Waals surface area contributed by atoms with Crippen LogP contribution in [0, 0.1) is 6.92 Å². The molecule has 0 saturated heterocycles. The zero-order valence-corrected chi connectivity index (χ0v) is 13.8. The molecule has 0 bridgehead atoms. The number of hydrogen-bond acceptors (Lipinski definition) is 5. The lowest BCUT2D eigenvalue weighted by atomic mass is 10.4. The van der Waals surface area contributed by atoms with Crippen molar-refractivity contribution < 1.29 is 8.42 Å². The number of imidazole rings is 1. The molecule has 116 valence electrons. The molecule has 0 atom stereocenters. The third kappa shape index (κ3) is 4.37. The lowest BCUT2D eigenvalue weighted by molar-refractivity contribution is 0.572. The number of nitrogens with zero attached hydrogens (tertiary/aromatic N) is 2. The molecule has 2 N–H and O–H groups in total. The second kappa shape index (κ2) is 7.17. The van der Waals surface area contributed by atoms with Gasteiger partial charge in [0.25, 0.3) is 0 Å². The summed E-state index contributed by atoms with van der Waals surface area (Å²) in [6.45, 7) is 6.33. The predicted molar refractivity (Wildman–Crippen MR) is 83.9 cm³/mol. The molecule has 8 heteroatoms. The Bertz CT molecular complexity index is 662. The standard InChI is InChI=1S/C13H20N4O2S2/c1-3-14-9-12-8-13(11(2)20-12)21(18,19)16-5-7-17-6-4-15-10-17/h4,6,8,10,14,16H,3,5,7,9H2,1-2H3. The molecular formula is C13H20N4O2S2. The molecule has 0 saturated carbocycles. The van der Waals surface area contributed by atoms with Crippen molar-refractivity contribution in [1.29, 1.82) is 0 Å². The third-order valence-electron chi connectivity index (χ3n) is 2.98. The first-order chi connectivity index (χ1) is 10.0. The van der Waals surface area contributed by atoms with Crippen molar-refractivity contribution in [2.24, 2.45) is 0 Å². The van der Waals surface area contributed by atoms with Gasteiger partial charge in [0.15, 0.2) is 0 Å². The fourth-order valence-electron chi connectivity index (χ4n) is 1.93. The van der Waals surface area contributed by atoms with E-state index in [1.165, 1.54) is 11.3 Å². The molecule has 0 aliphatic heterocycles. The van der Waals surface area contributed by atoms with Crippen LogP contribution >= 0.6 is 11.3 Å². The van der Waals surface area contributed by atoms with Gasteiger partial charge in [-0.25, -0.2) is 18.1 Å². The highest BCUT2D eigenvalue weighted by molar-refractivity contribution is 7.89. The van der Waals surface area contributed by atoms with Crippen LogP contribution in [0.15, 0.2) is 29.7 Å². The summed E-state index contributed by atoms with van der Waals surface area (Å²) in [4.78, 5) is 6.15. The van der Waals surface area contributed by atoms with Gasteiger partial charge in [0, 0.05) is 41.8 Å². The largest absolute Gasteiger partial charge is 0.336 e. The summed E-state index contributed by atoms with van der Waals surface area (Å²) < 4.78 is 29.1. The van der Waals surface area contributed by atoms with Crippen LogP contribution in [0.2, 0.25) is 0 Å². The molecular weight excluding hydrogens is 308 g/mol. The number of aromatic nitrogens is 2. The molecule has 0 spiro atoms. The van der Waals surface area contributed by atoms with E-state index in [0.29, 0.717) is 24.5 Å². The molecule has 2 rings (SSSR count). The van der Waals surface area contributed by atoms with Crippen LogP contribution in [0.4, 0.5) is 0 Å². The van der Waals surface area contributed by atoms with Crippen LogP contribution in [0.5, 0.6) is 0 Å². The van der Waals surface area contributed by atoms with E-state index in [4.69, 9.17) is 0 Å². The molecule has 0 amide bonds. The number of thiophene rings is 1. The van der Waals surface area contributed by atoms with Crippen LogP contribution in [0.25, 0.3) is 0 Å². The highest BCUT2D eigenvalue weighted by atomic mass is 32.2.